The molecule has 1 amide bonds. The van der Waals surface area contributed by atoms with Crippen molar-refractivity contribution in [3.63, 3.8) is 0 Å². The number of hydrogen-bond acceptors (Lipinski definition) is 3. The molecule has 1 fully saturated rings. The van der Waals surface area contributed by atoms with Crippen molar-refractivity contribution >= 4 is 5.91 Å². The Bertz CT molecular complexity index is 651. The van der Waals surface area contributed by atoms with Crippen LogP contribution in [0.5, 0.6) is 5.75 Å². The van der Waals surface area contributed by atoms with Gasteiger partial charge in [-0.2, -0.15) is 0 Å². The van der Waals surface area contributed by atoms with E-state index in [0.29, 0.717) is 6.42 Å². The highest BCUT2D eigenvalue weighted by molar-refractivity contribution is 5.78. The van der Waals surface area contributed by atoms with Gasteiger partial charge in [-0.05, 0) is 23.3 Å². The molecule has 1 unspecified atom stereocenters. The fourth-order valence-electron chi connectivity index (χ4n) is 3.07. The molecule has 3 rings (SSSR count). The van der Waals surface area contributed by atoms with Crippen LogP contribution in [0.2, 0.25) is 0 Å². The summed E-state index contributed by atoms with van der Waals surface area (Å²) in [7, 11) is 0. The second-order valence-corrected chi connectivity index (χ2v) is 5.89. The number of hydrogen-bond donors (Lipinski definition) is 2. The average Bonchev–Trinajstić information content (AvgIpc) is 2.61. The van der Waals surface area contributed by atoms with E-state index in [1.165, 1.54) is 0 Å². The molecule has 1 aliphatic heterocycles. The van der Waals surface area contributed by atoms with Crippen LogP contribution < -0.4 is 5.32 Å². The van der Waals surface area contributed by atoms with Gasteiger partial charge in [0.1, 0.15) is 5.75 Å². The van der Waals surface area contributed by atoms with E-state index >= 15 is 0 Å². The van der Waals surface area contributed by atoms with E-state index in [4.69, 9.17) is 0 Å². The molecule has 2 N–H and O–H groups in total. The zero-order valence-electron chi connectivity index (χ0n) is 13.1. The molecule has 0 radical (unpaired) electrons. The van der Waals surface area contributed by atoms with Crippen molar-refractivity contribution in [2.75, 3.05) is 26.2 Å². The second-order valence-electron chi connectivity index (χ2n) is 5.89. The van der Waals surface area contributed by atoms with Gasteiger partial charge in [0.25, 0.3) is 0 Å². The maximum atomic E-state index is 12.7. The molecule has 1 aliphatic rings. The van der Waals surface area contributed by atoms with E-state index in [0.717, 1.165) is 37.3 Å². The highest BCUT2D eigenvalue weighted by Gasteiger charge is 2.23. The van der Waals surface area contributed by atoms with Crippen LogP contribution in [0, 0.1) is 0 Å². The van der Waals surface area contributed by atoms with E-state index in [1.807, 2.05) is 47.4 Å². The molecule has 4 heteroatoms. The molecule has 0 aliphatic carbocycles. The molecular formula is C19H22N2O2. The van der Waals surface area contributed by atoms with Gasteiger partial charge >= 0.3 is 0 Å². The van der Waals surface area contributed by atoms with Crippen molar-refractivity contribution in [2.45, 2.75) is 12.3 Å². The average molecular weight is 310 g/mol. The number of nitrogens with one attached hydrogen (secondary N) is 1. The summed E-state index contributed by atoms with van der Waals surface area (Å²) in [5, 5.41) is 13.1. The lowest BCUT2D eigenvalue weighted by atomic mass is 9.88. The predicted molar refractivity (Wildman–Crippen MR) is 90.5 cm³/mol. The highest BCUT2D eigenvalue weighted by atomic mass is 16.3. The van der Waals surface area contributed by atoms with Crippen LogP contribution in [0.1, 0.15) is 23.5 Å². The van der Waals surface area contributed by atoms with Gasteiger partial charge in [0, 0.05) is 38.5 Å². The predicted octanol–water partition coefficient (Wildman–Crippen LogP) is 2.35. The van der Waals surface area contributed by atoms with Gasteiger partial charge in [-0.1, -0.05) is 42.5 Å². The molecule has 2 aromatic carbocycles. The van der Waals surface area contributed by atoms with Gasteiger partial charge in [0.15, 0.2) is 0 Å². The van der Waals surface area contributed by atoms with Crippen LogP contribution in [0.3, 0.4) is 0 Å². The Morgan fingerprint density at radius 2 is 1.74 bits per heavy atom. The summed E-state index contributed by atoms with van der Waals surface area (Å²) < 4.78 is 0. The molecule has 0 aromatic heterocycles. The summed E-state index contributed by atoms with van der Waals surface area (Å²) in [5.74, 6) is 0.368. The first-order chi connectivity index (χ1) is 11.2. The third kappa shape index (κ3) is 3.90. The Hall–Kier alpha value is -2.33. The molecule has 4 nitrogen and oxygen atoms in total. The van der Waals surface area contributed by atoms with Crippen LogP contribution in [-0.4, -0.2) is 42.1 Å². The maximum absolute atomic E-state index is 12.7. The number of carbonyl (C=O) groups is 1. The lowest BCUT2D eigenvalue weighted by Gasteiger charge is -2.29. The number of benzene rings is 2. The maximum Gasteiger partial charge on any atom is 0.223 e. The van der Waals surface area contributed by atoms with Crippen molar-refractivity contribution in [1.82, 2.24) is 10.2 Å². The van der Waals surface area contributed by atoms with Crippen LogP contribution >= 0.6 is 0 Å². The van der Waals surface area contributed by atoms with Gasteiger partial charge in [-0.25, -0.2) is 0 Å². The van der Waals surface area contributed by atoms with Gasteiger partial charge in [-0.3, -0.25) is 4.79 Å². The standard InChI is InChI=1S/C19H22N2O2/c22-17-8-4-7-16(13-17)18(15-5-2-1-3-6-15)14-19(23)21-11-9-20-10-12-21/h1-8,13,18,20,22H,9-12,14H2. The quantitative estimate of drug-likeness (QED) is 0.911. The molecule has 23 heavy (non-hydrogen) atoms. The van der Waals surface area contributed by atoms with Gasteiger partial charge in [0.2, 0.25) is 5.91 Å². The fourth-order valence-corrected chi connectivity index (χ4v) is 3.07. The SMILES string of the molecule is O=C(CC(c1ccccc1)c1cccc(O)c1)N1CCNCC1. The summed E-state index contributed by atoms with van der Waals surface area (Å²) >= 11 is 0. The third-order valence-electron chi connectivity index (χ3n) is 4.32. The van der Waals surface area contributed by atoms with E-state index in [2.05, 4.69) is 5.32 Å². The summed E-state index contributed by atoms with van der Waals surface area (Å²) in [6.07, 6.45) is 0.424. The zero-order valence-corrected chi connectivity index (χ0v) is 13.1. The van der Waals surface area contributed by atoms with E-state index < -0.39 is 0 Å². The van der Waals surface area contributed by atoms with Crippen molar-refractivity contribution in [1.29, 1.82) is 0 Å². The number of nitrogens with zero attached hydrogens (tertiary/aromatic N) is 1. The van der Waals surface area contributed by atoms with Crippen LogP contribution in [0.15, 0.2) is 54.6 Å². The van der Waals surface area contributed by atoms with Crippen molar-refractivity contribution in [3.8, 4) is 5.75 Å². The Balaban J connectivity index is 1.85. The summed E-state index contributed by atoms with van der Waals surface area (Å²) in [6.45, 7) is 3.24. The molecule has 2 aromatic rings. The van der Waals surface area contributed by atoms with Crippen molar-refractivity contribution in [2.24, 2.45) is 0 Å². The second kappa shape index (κ2) is 7.29. The minimum atomic E-state index is -0.0364. The lowest BCUT2D eigenvalue weighted by Crippen LogP contribution is -2.46. The topological polar surface area (TPSA) is 52.6 Å². The smallest absolute Gasteiger partial charge is 0.223 e. The summed E-state index contributed by atoms with van der Waals surface area (Å²) in [4.78, 5) is 14.6. The van der Waals surface area contributed by atoms with E-state index in [-0.39, 0.29) is 17.6 Å². The Morgan fingerprint density at radius 1 is 1.04 bits per heavy atom. The summed E-state index contributed by atoms with van der Waals surface area (Å²) in [5.41, 5.74) is 2.07. The monoisotopic (exact) mass is 310 g/mol. The number of aromatic hydroxyl groups is 1. The van der Waals surface area contributed by atoms with Crippen molar-refractivity contribution in [3.05, 3.63) is 65.7 Å². The number of piperazine rings is 1. The van der Waals surface area contributed by atoms with Crippen LogP contribution in [0.4, 0.5) is 0 Å². The molecule has 0 bridgehead atoms. The number of carbonyl (C=O) groups excluding carboxylic acids is 1. The fraction of sp³-hybridized carbons (Fsp3) is 0.316. The van der Waals surface area contributed by atoms with Gasteiger partial charge < -0.3 is 15.3 Å². The minimum absolute atomic E-state index is 0.0364. The minimum Gasteiger partial charge on any atom is -0.508 e. The normalized spacial score (nSPS) is 16.1. The van der Waals surface area contributed by atoms with Crippen LogP contribution in [0.25, 0.3) is 0 Å². The van der Waals surface area contributed by atoms with E-state index in [9.17, 15) is 9.90 Å². The van der Waals surface area contributed by atoms with Gasteiger partial charge in [-0.15, -0.1) is 0 Å². The van der Waals surface area contributed by atoms with Gasteiger partial charge in [0.05, 0.1) is 0 Å². The first kappa shape index (κ1) is 15.6. The highest BCUT2D eigenvalue weighted by Crippen LogP contribution is 2.30. The number of rotatable bonds is 4. The molecule has 1 heterocycles. The largest absolute Gasteiger partial charge is 0.508 e. The lowest BCUT2D eigenvalue weighted by molar-refractivity contribution is -0.132. The number of amides is 1. The third-order valence-corrected chi connectivity index (χ3v) is 4.32. The Labute approximate surface area is 136 Å². The Morgan fingerprint density at radius 3 is 2.43 bits per heavy atom. The molecular weight excluding hydrogens is 288 g/mol. The first-order valence-electron chi connectivity index (χ1n) is 8.06. The number of phenolic OH excluding ortho intramolecular Hbond substituents is 1. The molecule has 0 saturated carbocycles. The first-order valence-corrected chi connectivity index (χ1v) is 8.06. The molecule has 1 atom stereocenters. The Kier molecular flexibility index (Phi) is 4.93. The number of phenols is 1. The van der Waals surface area contributed by atoms with E-state index in [1.54, 1.807) is 12.1 Å². The zero-order chi connectivity index (χ0) is 16.1. The molecule has 120 valence electrons. The molecule has 1 saturated heterocycles. The summed E-state index contributed by atoms with van der Waals surface area (Å²) in [6, 6.07) is 17.2. The van der Waals surface area contributed by atoms with Crippen molar-refractivity contribution < 1.29 is 9.90 Å². The van der Waals surface area contributed by atoms with Crippen LogP contribution in [-0.2, 0) is 4.79 Å². The molecule has 0 spiro atoms.